The summed E-state index contributed by atoms with van der Waals surface area (Å²) in [6.07, 6.45) is 0. The molecule has 1 amide bonds. The third-order valence-electron chi connectivity index (χ3n) is 2.28. The number of fused-ring (bicyclic) bond motifs is 1. The number of amides is 1. The first-order chi connectivity index (χ1) is 8.52. The maximum Gasteiger partial charge on any atom is 4.00 e. The third kappa shape index (κ3) is 15.1. The molecule has 22 heavy (non-hydrogen) atoms. The van der Waals surface area contributed by atoms with Crippen molar-refractivity contribution in [1.29, 1.82) is 0 Å². The van der Waals surface area contributed by atoms with E-state index in [9.17, 15) is 0 Å². The summed E-state index contributed by atoms with van der Waals surface area (Å²) in [6, 6.07) is 14.7. The van der Waals surface area contributed by atoms with Gasteiger partial charge in [0.1, 0.15) is 0 Å². The van der Waals surface area contributed by atoms with E-state index in [1.165, 1.54) is 10.8 Å². The van der Waals surface area contributed by atoms with Crippen LogP contribution in [-0.2, 0) is 26.5 Å². The van der Waals surface area contributed by atoms with Crippen LogP contribution in [0, 0.1) is 14.9 Å². The molecular formula is C18H25NOSiTi. The topological polar surface area (TPSA) is 40.9 Å². The van der Waals surface area contributed by atoms with Gasteiger partial charge in [-0.3, -0.25) is 0 Å². The third-order valence-corrected chi connectivity index (χ3v) is 2.28. The molecule has 116 valence electrons. The minimum Gasteiger partial charge on any atom is -0.671 e. The predicted molar refractivity (Wildman–Crippen MR) is 98.1 cm³/mol. The molecule has 0 aliphatic heterocycles. The fraction of sp³-hybridized carbons (Fsp3) is 0.111. The molecule has 0 fully saturated rings. The number of nitrogens with one attached hydrogen (secondary N) is 1. The molecule has 0 unspecified atom stereocenters. The predicted octanol–water partition coefficient (Wildman–Crippen LogP) is 5.41. The number of hydrogen-bond donors (Lipinski definition) is 0. The van der Waals surface area contributed by atoms with Crippen molar-refractivity contribution in [3.05, 3.63) is 87.4 Å². The second-order valence-corrected chi connectivity index (χ2v) is 3.83. The largest absolute Gasteiger partial charge is 4.00 e. The number of benzene rings is 1. The molecule has 0 aliphatic rings. The van der Waals surface area contributed by atoms with E-state index in [0.717, 1.165) is 11.1 Å². The Hall–Kier alpha value is -1.29. The summed E-state index contributed by atoms with van der Waals surface area (Å²) in [5, 5.41) is 2.66. The van der Waals surface area contributed by atoms with Crippen LogP contribution in [0.4, 0.5) is 0 Å². The summed E-state index contributed by atoms with van der Waals surface area (Å²) in [6.45, 7) is 11.2. The molecule has 2 nitrogen and oxygen atoms in total. The number of carbonyl (C=O) groups is 1. The van der Waals surface area contributed by atoms with Crippen molar-refractivity contribution in [2.24, 2.45) is 0 Å². The minimum atomic E-state index is 0. The van der Waals surface area contributed by atoms with E-state index in [0.29, 0.717) is 0 Å². The Kier molecular flexibility index (Phi) is 29.2. The SMILES string of the molecule is C=C(C)C(=C)C.[CH3-].[CH3-].[NH-]C=O.[Si].[Ti+4].c1ccc2[cH-]ccc2c1. The van der Waals surface area contributed by atoms with Crippen molar-refractivity contribution in [1.82, 2.24) is 0 Å². The van der Waals surface area contributed by atoms with Crippen LogP contribution in [0.15, 0.2) is 66.8 Å². The van der Waals surface area contributed by atoms with Crippen LogP contribution in [0.2, 0.25) is 0 Å². The molecule has 0 bridgehead atoms. The molecule has 2 aromatic rings. The van der Waals surface area contributed by atoms with Gasteiger partial charge in [0.15, 0.2) is 0 Å². The second-order valence-electron chi connectivity index (χ2n) is 3.83. The summed E-state index contributed by atoms with van der Waals surface area (Å²) in [5.41, 5.74) is 7.66. The van der Waals surface area contributed by atoms with Gasteiger partial charge in [-0.25, -0.2) is 0 Å². The maximum atomic E-state index is 8.47. The molecule has 4 heteroatoms. The first-order valence-corrected chi connectivity index (χ1v) is 5.55. The van der Waals surface area contributed by atoms with Crippen molar-refractivity contribution in [2.75, 3.05) is 0 Å². The molecule has 4 radical (unpaired) electrons. The van der Waals surface area contributed by atoms with Gasteiger partial charge in [-0.05, 0) is 13.8 Å². The Labute approximate surface area is 155 Å². The van der Waals surface area contributed by atoms with Gasteiger partial charge in [0.25, 0.3) is 0 Å². The molecule has 2 aromatic carbocycles. The molecule has 0 saturated heterocycles. The van der Waals surface area contributed by atoms with Crippen molar-refractivity contribution in [2.45, 2.75) is 13.8 Å². The van der Waals surface area contributed by atoms with Crippen molar-refractivity contribution < 1.29 is 26.5 Å². The maximum absolute atomic E-state index is 8.47. The number of allylic oxidation sites excluding steroid dienone is 2. The first kappa shape index (κ1) is 32.6. The second kappa shape index (κ2) is 19.7. The van der Waals surface area contributed by atoms with E-state index in [-0.39, 0.29) is 53.9 Å². The Morgan fingerprint density at radius 3 is 1.86 bits per heavy atom. The molecule has 0 heterocycles. The molecule has 0 spiro atoms. The van der Waals surface area contributed by atoms with Crippen molar-refractivity contribution in [3.8, 4) is 0 Å². The fourth-order valence-electron chi connectivity index (χ4n) is 1.07. The van der Waals surface area contributed by atoms with Gasteiger partial charge < -0.3 is 25.4 Å². The molecule has 2 rings (SSSR count). The summed E-state index contributed by atoms with van der Waals surface area (Å²) < 4.78 is 0. The zero-order valence-corrected chi connectivity index (χ0v) is 16.5. The standard InChI is InChI=1S/C9H7.C6H10.CH3NO.2CH3.Si.Ti/c1-2-5-9-7-3-6-8(9)4-1;1-5(2)6(3)4;2-1-3;;;;/h1-7H;1,3H2,2,4H3;1H,(H2,2,3);2*1H3;;/q-1;;;2*-1;;+4/p-1. The van der Waals surface area contributed by atoms with E-state index in [4.69, 9.17) is 10.5 Å². The summed E-state index contributed by atoms with van der Waals surface area (Å²) >= 11 is 0. The molecule has 0 aliphatic carbocycles. The average Bonchev–Trinajstić information content (AvgIpc) is 2.78. The normalized spacial score (nSPS) is 6.82. The van der Waals surface area contributed by atoms with Gasteiger partial charge in [-0.1, -0.05) is 30.4 Å². The van der Waals surface area contributed by atoms with Gasteiger partial charge in [0.2, 0.25) is 0 Å². The summed E-state index contributed by atoms with van der Waals surface area (Å²) in [7, 11) is 0. The Morgan fingerprint density at radius 2 is 1.50 bits per heavy atom. The summed E-state index contributed by atoms with van der Waals surface area (Å²) in [5.74, 6) is 0. The quantitative estimate of drug-likeness (QED) is 0.294. The van der Waals surface area contributed by atoms with Crippen LogP contribution in [0.1, 0.15) is 13.8 Å². The van der Waals surface area contributed by atoms with Crippen molar-refractivity contribution in [3.63, 3.8) is 0 Å². The zero-order chi connectivity index (χ0) is 14.0. The van der Waals surface area contributed by atoms with Crippen LogP contribution in [0.25, 0.3) is 16.5 Å². The van der Waals surface area contributed by atoms with Gasteiger partial charge in [0.05, 0.1) is 0 Å². The average molecular weight is 347 g/mol. The molecule has 0 aromatic heterocycles. The number of rotatable bonds is 1. The minimum absolute atomic E-state index is 0. The molecule has 1 N–H and O–H groups in total. The Balaban J connectivity index is -0.0000000673. The van der Waals surface area contributed by atoms with E-state index < -0.39 is 0 Å². The monoisotopic (exact) mass is 347 g/mol. The number of carbonyl (C=O) groups excluding carboxylic acids is 1. The van der Waals surface area contributed by atoms with E-state index >= 15 is 0 Å². The molecule has 0 saturated carbocycles. The van der Waals surface area contributed by atoms with Gasteiger partial charge in [0, 0.05) is 17.4 Å². The van der Waals surface area contributed by atoms with Gasteiger partial charge >= 0.3 is 21.7 Å². The number of hydrogen-bond acceptors (Lipinski definition) is 1. The summed E-state index contributed by atoms with van der Waals surface area (Å²) in [4.78, 5) is 8.47. The van der Waals surface area contributed by atoms with E-state index in [2.05, 4.69) is 55.6 Å². The van der Waals surface area contributed by atoms with Gasteiger partial charge in [-0.15, -0.1) is 29.7 Å². The zero-order valence-electron chi connectivity index (χ0n) is 13.9. The Morgan fingerprint density at radius 1 is 1.09 bits per heavy atom. The van der Waals surface area contributed by atoms with Crippen LogP contribution < -0.4 is 0 Å². The van der Waals surface area contributed by atoms with Crippen LogP contribution in [0.3, 0.4) is 0 Å². The Bertz CT molecular complexity index is 478. The van der Waals surface area contributed by atoms with Crippen LogP contribution in [-0.4, -0.2) is 17.4 Å². The smallest absolute Gasteiger partial charge is 0.671 e. The molecule has 0 atom stereocenters. The van der Waals surface area contributed by atoms with Crippen molar-refractivity contribution >= 4 is 28.1 Å². The fourth-order valence-corrected chi connectivity index (χ4v) is 1.07. The molecular weight excluding hydrogens is 322 g/mol. The van der Waals surface area contributed by atoms with Crippen LogP contribution in [0.5, 0.6) is 0 Å². The van der Waals surface area contributed by atoms with E-state index in [1.54, 1.807) is 0 Å². The van der Waals surface area contributed by atoms with Gasteiger partial charge in [-0.2, -0.15) is 17.5 Å². The first-order valence-electron chi connectivity index (χ1n) is 5.55. The van der Waals surface area contributed by atoms with Crippen LogP contribution >= 0.6 is 0 Å². The van der Waals surface area contributed by atoms with E-state index in [1.807, 2.05) is 13.8 Å².